The maximum atomic E-state index is 12.0. The van der Waals surface area contributed by atoms with Gasteiger partial charge in [0.25, 0.3) is 0 Å². The molecule has 1 aromatic carbocycles. The Morgan fingerprint density at radius 3 is 2.85 bits per heavy atom. The van der Waals surface area contributed by atoms with Crippen LogP contribution in [0.15, 0.2) is 35.5 Å². The maximum Gasteiger partial charge on any atom is 0.222 e. The molecule has 0 spiro atoms. The van der Waals surface area contributed by atoms with Crippen LogP contribution in [0.2, 0.25) is 0 Å². The number of aliphatic imine (C=N–C) groups is 1. The van der Waals surface area contributed by atoms with E-state index in [2.05, 4.69) is 50.3 Å². The lowest BCUT2D eigenvalue weighted by atomic mass is 10.1. The summed E-state index contributed by atoms with van der Waals surface area (Å²) in [7, 11) is 0. The van der Waals surface area contributed by atoms with Gasteiger partial charge in [0.05, 0.1) is 6.54 Å². The molecule has 27 heavy (non-hydrogen) atoms. The molecule has 0 aliphatic heterocycles. The van der Waals surface area contributed by atoms with Gasteiger partial charge >= 0.3 is 0 Å². The lowest BCUT2D eigenvalue weighted by molar-refractivity contribution is -0.121. The van der Waals surface area contributed by atoms with Gasteiger partial charge in [-0.05, 0) is 37.8 Å². The van der Waals surface area contributed by atoms with Crippen LogP contribution in [0.4, 0.5) is 0 Å². The number of H-pyrrole nitrogens is 1. The summed E-state index contributed by atoms with van der Waals surface area (Å²) in [6.45, 7) is 4.14. The van der Waals surface area contributed by atoms with Crippen LogP contribution in [-0.4, -0.2) is 42.5 Å². The number of benzene rings is 1. The SMILES string of the molecule is CCNC(=NCCC(=O)NC1CCCC1)NCCc1c[nH]c2ccccc12. The molecule has 146 valence electrons. The first-order valence-electron chi connectivity index (χ1n) is 10.1. The van der Waals surface area contributed by atoms with E-state index in [9.17, 15) is 4.79 Å². The molecule has 6 heteroatoms. The third-order valence-electron chi connectivity index (χ3n) is 5.03. The Hall–Kier alpha value is -2.50. The average molecular weight is 370 g/mol. The van der Waals surface area contributed by atoms with Gasteiger partial charge in [-0.15, -0.1) is 0 Å². The second kappa shape index (κ2) is 10.00. The molecule has 1 fully saturated rings. The first kappa shape index (κ1) is 19.3. The molecule has 0 radical (unpaired) electrons. The number of carbonyl (C=O) groups is 1. The number of nitrogens with one attached hydrogen (secondary N) is 4. The zero-order valence-electron chi connectivity index (χ0n) is 16.2. The molecule has 1 amide bonds. The van der Waals surface area contributed by atoms with Crippen LogP contribution >= 0.6 is 0 Å². The predicted molar refractivity (Wildman–Crippen MR) is 111 cm³/mol. The fourth-order valence-electron chi connectivity index (χ4n) is 3.64. The molecule has 4 N–H and O–H groups in total. The molecule has 1 aliphatic carbocycles. The standard InChI is InChI=1S/C21H31N5O/c1-2-22-21(24-14-12-20(27)26-17-7-3-4-8-17)23-13-11-16-15-25-19-10-6-5-9-18(16)19/h5-6,9-10,15,17,25H,2-4,7-8,11-14H2,1H3,(H,26,27)(H2,22,23,24). The number of amides is 1. The number of aromatic amines is 1. The van der Waals surface area contributed by atoms with Crippen LogP contribution in [0.1, 0.15) is 44.6 Å². The minimum absolute atomic E-state index is 0.111. The van der Waals surface area contributed by atoms with Crippen molar-refractivity contribution in [3.63, 3.8) is 0 Å². The van der Waals surface area contributed by atoms with Gasteiger partial charge in [0.2, 0.25) is 5.91 Å². The minimum Gasteiger partial charge on any atom is -0.361 e. The Balaban J connectivity index is 1.43. The van der Waals surface area contributed by atoms with Crippen molar-refractivity contribution in [2.45, 2.75) is 51.5 Å². The highest BCUT2D eigenvalue weighted by molar-refractivity contribution is 5.83. The van der Waals surface area contributed by atoms with Crippen molar-refractivity contribution in [3.8, 4) is 0 Å². The number of aromatic nitrogens is 1. The van der Waals surface area contributed by atoms with Crippen molar-refractivity contribution < 1.29 is 4.79 Å². The lowest BCUT2D eigenvalue weighted by Gasteiger charge is -2.12. The molecule has 0 bridgehead atoms. The van der Waals surface area contributed by atoms with Crippen molar-refractivity contribution >= 4 is 22.8 Å². The minimum atomic E-state index is 0.111. The van der Waals surface area contributed by atoms with Crippen molar-refractivity contribution in [3.05, 3.63) is 36.0 Å². The summed E-state index contributed by atoms with van der Waals surface area (Å²) < 4.78 is 0. The molecule has 1 aromatic heterocycles. The first-order chi connectivity index (χ1) is 13.3. The van der Waals surface area contributed by atoms with Crippen molar-refractivity contribution in [1.82, 2.24) is 20.9 Å². The third kappa shape index (κ3) is 5.74. The van der Waals surface area contributed by atoms with Gasteiger partial charge in [-0.3, -0.25) is 9.79 Å². The van der Waals surface area contributed by atoms with Crippen molar-refractivity contribution in [2.24, 2.45) is 4.99 Å². The van der Waals surface area contributed by atoms with Crippen LogP contribution < -0.4 is 16.0 Å². The molecule has 2 aromatic rings. The molecular formula is C21H31N5O. The number of hydrogen-bond donors (Lipinski definition) is 4. The summed E-state index contributed by atoms with van der Waals surface area (Å²) in [5.74, 6) is 0.881. The van der Waals surface area contributed by atoms with E-state index in [4.69, 9.17) is 0 Å². The van der Waals surface area contributed by atoms with E-state index in [-0.39, 0.29) is 5.91 Å². The van der Waals surface area contributed by atoms with Crippen molar-refractivity contribution in [1.29, 1.82) is 0 Å². The summed E-state index contributed by atoms with van der Waals surface area (Å²) in [6.07, 6.45) is 8.12. The molecule has 6 nitrogen and oxygen atoms in total. The fourth-order valence-corrected chi connectivity index (χ4v) is 3.64. The fraction of sp³-hybridized carbons (Fsp3) is 0.524. The largest absolute Gasteiger partial charge is 0.361 e. The highest BCUT2D eigenvalue weighted by Crippen LogP contribution is 2.18. The highest BCUT2D eigenvalue weighted by Gasteiger charge is 2.16. The van der Waals surface area contributed by atoms with Crippen LogP contribution in [0.5, 0.6) is 0 Å². The van der Waals surface area contributed by atoms with Gasteiger partial charge in [0, 0.05) is 42.7 Å². The Kier molecular flexibility index (Phi) is 7.13. The molecule has 1 heterocycles. The highest BCUT2D eigenvalue weighted by atomic mass is 16.1. The van der Waals surface area contributed by atoms with Gasteiger partial charge < -0.3 is 20.9 Å². The van der Waals surface area contributed by atoms with Crippen LogP contribution in [-0.2, 0) is 11.2 Å². The summed E-state index contributed by atoms with van der Waals surface area (Å²) >= 11 is 0. The normalized spacial score (nSPS) is 15.2. The number of fused-ring (bicyclic) bond motifs is 1. The molecular weight excluding hydrogens is 338 g/mol. The van der Waals surface area contributed by atoms with E-state index < -0.39 is 0 Å². The summed E-state index contributed by atoms with van der Waals surface area (Å²) in [6, 6.07) is 8.72. The average Bonchev–Trinajstić information content (AvgIpc) is 3.32. The molecule has 1 saturated carbocycles. The molecule has 1 aliphatic rings. The molecule has 0 atom stereocenters. The number of rotatable bonds is 8. The summed E-state index contributed by atoms with van der Waals surface area (Å²) in [5.41, 5.74) is 2.46. The Morgan fingerprint density at radius 1 is 1.22 bits per heavy atom. The Bertz CT molecular complexity index is 761. The maximum absolute atomic E-state index is 12.0. The van der Waals surface area contributed by atoms with E-state index in [1.54, 1.807) is 0 Å². The molecule has 0 unspecified atom stereocenters. The van der Waals surface area contributed by atoms with Crippen LogP contribution in [0.25, 0.3) is 10.9 Å². The molecule has 0 saturated heterocycles. The molecule has 3 rings (SSSR count). The van der Waals surface area contributed by atoms with Gasteiger partial charge in [0.1, 0.15) is 0 Å². The predicted octanol–water partition coefficient (Wildman–Crippen LogP) is 2.71. The monoisotopic (exact) mass is 369 g/mol. The van der Waals surface area contributed by atoms with Crippen molar-refractivity contribution in [2.75, 3.05) is 19.6 Å². The van der Waals surface area contributed by atoms with Crippen LogP contribution in [0, 0.1) is 0 Å². The van der Waals surface area contributed by atoms with Crippen LogP contribution in [0.3, 0.4) is 0 Å². The van der Waals surface area contributed by atoms with Gasteiger partial charge in [-0.25, -0.2) is 0 Å². The smallest absolute Gasteiger partial charge is 0.222 e. The first-order valence-corrected chi connectivity index (χ1v) is 10.1. The Morgan fingerprint density at radius 2 is 2.04 bits per heavy atom. The number of hydrogen-bond acceptors (Lipinski definition) is 2. The van der Waals surface area contributed by atoms with Gasteiger partial charge in [-0.1, -0.05) is 31.0 Å². The second-order valence-electron chi connectivity index (χ2n) is 7.10. The quantitative estimate of drug-likeness (QED) is 0.427. The number of nitrogens with zero attached hydrogens (tertiary/aromatic N) is 1. The zero-order valence-corrected chi connectivity index (χ0v) is 16.2. The van der Waals surface area contributed by atoms with E-state index in [0.29, 0.717) is 19.0 Å². The number of para-hydroxylation sites is 1. The number of carbonyl (C=O) groups excluding carboxylic acids is 1. The topological polar surface area (TPSA) is 81.3 Å². The summed E-state index contributed by atoms with van der Waals surface area (Å²) in [4.78, 5) is 19.9. The van der Waals surface area contributed by atoms with E-state index in [1.807, 2.05) is 13.0 Å². The third-order valence-corrected chi connectivity index (χ3v) is 5.03. The van der Waals surface area contributed by atoms with Gasteiger partial charge in [-0.2, -0.15) is 0 Å². The van der Waals surface area contributed by atoms with Gasteiger partial charge in [0.15, 0.2) is 5.96 Å². The zero-order chi connectivity index (χ0) is 18.9. The number of guanidine groups is 1. The lowest BCUT2D eigenvalue weighted by Crippen LogP contribution is -2.38. The van der Waals surface area contributed by atoms with E-state index in [0.717, 1.165) is 38.3 Å². The second-order valence-corrected chi connectivity index (χ2v) is 7.10. The Labute approximate surface area is 161 Å². The van der Waals surface area contributed by atoms with E-state index >= 15 is 0 Å². The summed E-state index contributed by atoms with van der Waals surface area (Å²) in [5, 5.41) is 11.0. The van der Waals surface area contributed by atoms with E-state index in [1.165, 1.54) is 29.3 Å².